The smallest absolute Gasteiger partial charge is 0.248 e. The summed E-state index contributed by atoms with van der Waals surface area (Å²) >= 11 is 0. The number of nitrogens with zero attached hydrogens (tertiary/aromatic N) is 1. The van der Waals surface area contributed by atoms with Crippen molar-refractivity contribution in [1.82, 2.24) is 0 Å². The zero-order chi connectivity index (χ0) is 20.9. The Hall–Kier alpha value is -2.74. The number of methoxy groups -OCH3 is 2. The molecule has 0 aliphatic heterocycles. The lowest BCUT2D eigenvalue weighted by molar-refractivity contribution is -0.117. The van der Waals surface area contributed by atoms with Gasteiger partial charge in [-0.1, -0.05) is 24.6 Å². The summed E-state index contributed by atoms with van der Waals surface area (Å²) in [6, 6.07) is 11.1. The first-order chi connectivity index (χ1) is 13.2. The Morgan fingerprint density at radius 2 is 1.68 bits per heavy atom. The molecule has 1 atom stereocenters. The number of carbonyl (C=O) groups is 1. The highest BCUT2D eigenvalue weighted by Crippen LogP contribution is 2.30. The quantitative estimate of drug-likeness (QED) is 0.728. The van der Waals surface area contributed by atoms with E-state index in [1.807, 2.05) is 19.1 Å². The first-order valence-corrected chi connectivity index (χ1v) is 10.6. The van der Waals surface area contributed by atoms with Gasteiger partial charge in [-0.15, -0.1) is 0 Å². The van der Waals surface area contributed by atoms with Gasteiger partial charge in [-0.05, 0) is 37.6 Å². The highest BCUT2D eigenvalue weighted by atomic mass is 32.2. The monoisotopic (exact) mass is 406 g/mol. The van der Waals surface area contributed by atoms with Crippen LogP contribution in [0.1, 0.15) is 18.9 Å². The SMILES string of the molecule is CC[C@@H](C(=O)Nc1ccc(OC)c(OC)c1)N(c1ccc(C)cc1)S(C)(=O)=O. The van der Waals surface area contributed by atoms with Gasteiger partial charge < -0.3 is 14.8 Å². The van der Waals surface area contributed by atoms with Gasteiger partial charge >= 0.3 is 0 Å². The van der Waals surface area contributed by atoms with Gasteiger partial charge in [-0.25, -0.2) is 8.42 Å². The Morgan fingerprint density at radius 3 is 2.18 bits per heavy atom. The minimum atomic E-state index is -3.68. The van der Waals surface area contributed by atoms with Crippen LogP contribution < -0.4 is 19.1 Å². The predicted octanol–water partition coefficient (Wildman–Crippen LogP) is 3.20. The normalized spacial score (nSPS) is 12.2. The second kappa shape index (κ2) is 8.97. The Morgan fingerprint density at radius 1 is 1.07 bits per heavy atom. The molecular weight excluding hydrogens is 380 g/mol. The molecule has 0 aromatic heterocycles. The van der Waals surface area contributed by atoms with E-state index < -0.39 is 22.0 Å². The van der Waals surface area contributed by atoms with E-state index in [1.165, 1.54) is 14.2 Å². The third-order valence-corrected chi connectivity index (χ3v) is 5.45. The van der Waals surface area contributed by atoms with Crippen molar-refractivity contribution in [3.63, 3.8) is 0 Å². The number of carbonyl (C=O) groups excluding carboxylic acids is 1. The number of sulfonamides is 1. The Kier molecular flexibility index (Phi) is 6.90. The van der Waals surface area contributed by atoms with E-state index in [9.17, 15) is 13.2 Å². The summed E-state index contributed by atoms with van der Waals surface area (Å²) in [5, 5.41) is 2.77. The molecule has 0 aliphatic rings. The van der Waals surface area contributed by atoms with E-state index in [0.29, 0.717) is 29.3 Å². The molecule has 0 unspecified atom stereocenters. The lowest BCUT2D eigenvalue weighted by Gasteiger charge is -2.30. The lowest BCUT2D eigenvalue weighted by atomic mass is 10.1. The molecule has 1 N–H and O–H groups in total. The predicted molar refractivity (Wildman–Crippen MR) is 111 cm³/mol. The van der Waals surface area contributed by atoms with Crippen molar-refractivity contribution >= 4 is 27.3 Å². The van der Waals surface area contributed by atoms with Crippen LogP contribution in [0, 0.1) is 6.92 Å². The number of rotatable bonds is 8. The minimum absolute atomic E-state index is 0.306. The minimum Gasteiger partial charge on any atom is -0.493 e. The molecule has 2 aromatic rings. The van der Waals surface area contributed by atoms with E-state index >= 15 is 0 Å². The van der Waals surface area contributed by atoms with Crippen LogP contribution in [0.25, 0.3) is 0 Å². The summed E-state index contributed by atoms with van der Waals surface area (Å²) < 4.78 is 36.5. The summed E-state index contributed by atoms with van der Waals surface area (Å²) in [6.07, 6.45) is 1.40. The summed E-state index contributed by atoms with van der Waals surface area (Å²) in [5.41, 5.74) is 1.93. The molecule has 0 saturated heterocycles. The second-order valence-corrected chi connectivity index (χ2v) is 8.24. The van der Waals surface area contributed by atoms with Gasteiger partial charge in [0.25, 0.3) is 0 Å². The average Bonchev–Trinajstić information content (AvgIpc) is 2.65. The number of anilines is 2. The molecule has 152 valence electrons. The average molecular weight is 407 g/mol. The molecule has 0 radical (unpaired) electrons. The van der Waals surface area contributed by atoms with Crippen LogP contribution >= 0.6 is 0 Å². The summed E-state index contributed by atoms with van der Waals surface area (Å²) in [5.74, 6) is 0.567. The third kappa shape index (κ3) is 4.95. The zero-order valence-corrected chi connectivity index (χ0v) is 17.5. The number of benzene rings is 2. The van der Waals surface area contributed by atoms with Gasteiger partial charge in [0, 0.05) is 11.8 Å². The van der Waals surface area contributed by atoms with Gasteiger partial charge in [-0.3, -0.25) is 9.10 Å². The van der Waals surface area contributed by atoms with Crippen LogP contribution in [-0.4, -0.2) is 40.8 Å². The van der Waals surface area contributed by atoms with Crippen LogP contribution in [0.3, 0.4) is 0 Å². The van der Waals surface area contributed by atoms with E-state index in [2.05, 4.69) is 5.32 Å². The maximum absolute atomic E-state index is 12.9. The van der Waals surface area contributed by atoms with E-state index in [-0.39, 0.29) is 0 Å². The third-order valence-electron chi connectivity index (χ3n) is 4.27. The van der Waals surface area contributed by atoms with Crippen molar-refractivity contribution in [3.8, 4) is 11.5 Å². The van der Waals surface area contributed by atoms with Gasteiger partial charge in [-0.2, -0.15) is 0 Å². The van der Waals surface area contributed by atoms with Gasteiger partial charge in [0.15, 0.2) is 11.5 Å². The van der Waals surface area contributed by atoms with E-state index in [4.69, 9.17) is 9.47 Å². The number of amides is 1. The molecular formula is C20H26N2O5S. The molecule has 8 heteroatoms. The number of hydrogen-bond donors (Lipinski definition) is 1. The first kappa shape index (κ1) is 21.6. The second-order valence-electron chi connectivity index (χ2n) is 6.38. The van der Waals surface area contributed by atoms with Gasteiger partial charge in [0.1, 0.15) is 6.04 Å². The molecule has 2 rings (SSSR count). The Labute approximate surface area is 166 Å². The molecule has 0 fully saturated rings. The van der Waals surface area contributed by atoms with Crippen molar-refractivity contribution in [1.29, 1.82) is 0 Å². The van der Waals surface area contributed by atoms with Crippen molar-refractivity contribution in [2.75, 3.05) is 30.1 Å². The largest absolute Gasteiger partial charge is 0.493 e. The van der Waals surface area contributed by atoms with Crippen LogP contribution in [0.15, 0.2) is 42.5 Å². The van der Waals surface area contributed by atoms with Crippen LogP contribution in [0.4, 0.5) is 11.4 Å². The first-order valence-electron chi connectivity index (χ1n) is 8.80. The molecule has 2 aromatic carbocycles. The molecule has 0 saturated carbocycles. The van der Waals surface area contributed by atoms with Crippen LogP contribution in [-0.2, 0) is 14.8 Å². The van der Waals surface area contributed by atoms with Gasteiger partial charge in [0.2, 0.25) is 15.9 Å². The molecule has 0 spiro atoms. The fourth-order valence-corrected chi connectivity index (χ4v) is 4.10. The van der Waals surface area contributed by atoms with Crippen molar-refractivity contribution < 1.29 is 22.7 Å². The van der Waals surface area contributed by atoms with E-state index in [1.54, 1.807) is 37.3 Å². The fourth-order valence-electron chi connectivity index (χ4n) is 2.89. The van der Waals surface area contributed by atoms with Crippen LogP contribution in [0.5, 0.6) is 11.5 Å². The summed E-state index contributed by atoms with van der Waals surface area (Å²) in [6.45, 7) is 3.68. The molecule has 0 bridgehead atoms. The molecule has 0 heterocycles. The fraction of sp³-hybridized carbons (Fsp3) is 0.350. The van der Waals surface area contributed by atoms with Crippen molar-refractivity contribution in [2.45, 2.75) is 26.3 Å². The zero-order valence-electron chi connectivity index (χ0n) is 16.7. The number of hydrogen-bond acceptors (Lipinski definition) is 5. The Balaban J connectivity index is 2.35. The maximum atomic E-state index is 12.9. The molecule has 7 nitrogen and oxygen atoms in total. The lowest BCUT2D eigenvalue weighted by Crippen LogP contribution is -2.47. The van der Waals surface area contributed by atoms with Gasteiger partial charge in [0.05, 0.1) is 26.2 Å². The van der Waals surface area contributed by atoms with Crippen LogP contribution in [0.2, 0.25) is 0 Å². The highest BCUT2D eigenvalue weighted by molar-refractivity contribution is 7.92. The van der Waals surface area contributed by atoms with E-state index in [0.717, 1.165) is 16.1 Å². The maximum Gasteiger partial charge on any atom is 0.248 e. The molecule has 28 heavy (non-hydrogen) atoms. The summed E-state index contributed by atoms with van der Waals surface area (Å²) in [4.78, 5) is 12.9. The molecule has 1 amide bonds. The topological polar surface area (TPSA) is 84.9 Å². The standard InChI is InChI=1S/C20H26N2O5S/c1-6-17(22(28(5,24)25)16-10-7-14(2)8-11-16)20(23)21-15-9-12-18(26-3)19(13-15)27-4/h7-13,17H,6H2,1-5H3,(H,21,23)/t17-/m0/s1. The Bertz CT molecular complexity index is 926. The summed E-state index contributed by atoms with van der Waals surface area (Å²) in [7, 11) is -0.651. The van der Waals surface area contributed by atoms with Crippen molar-refractivity contribution in [3.05, 3.63) is 48.0 Å². The number of ether oxygens (including phenoxy) is 2. The highest BCUT2D eigenvalue weighted by Gasteiger charge is 2.31. The number of nitrogens with one attached hydrogen (secondary N) is 1. The van der Waals surface area contributed by atoms with Crippen molar-refractivity contribution in [2.24, 2.45) is 0 Å². The number of aryl methyl sites for hydroxylation is 1. The molecule has 0 aliphatic carbocycles.